The Labute approximate surface area is 113 Å². The molecule has 0 radical (unpaired) electrons. The zero-order valence-electron chi connectivity index (χ0n) is 8.74. The Bertz CT molecular complexity index is 382. The van der Waals surface area contributed by atoms with E-state index in [9.17, 15) is 19.5 Å². The molecule has 7 nitrogen and oxygen atoms in total. The highest BCUT2D eigenvalue weighted by Gasteiger charge is 2.58. The lowest BCUT2D eigenvalue weighted by Gasteiger charge is -2.47. The molecule has 1 saturated heterocycles. The number of imide groups is 1. The second kappa shape index (κ2) is 4.54. The second-order valence-corrected chi connectivity index (χ2v) is 7.09. The fraction of sp³-hybridized carbons (Fsp3) is 0.625. The van der Waals surface area contributed by atoms with Gasteiger partial charge < -0.3 is 10.2 Å². The maximum absolute atomic E-state index is 11.5. The van der Waals surface area contributed by atoms with Gasteiger partial charge in [0.15, 0.2) is 5.72 Å². The molecule has 1 rings (SSSR count). The minimum atomic E-state index is -1.89. The van der Waals surface area contributed by atoms with Gasteiger partial charge in [0.2, 0.25) is 3.23 Å². The standard InChI is InChI=1S/C8H10Br2N2O5/c1-7(17)8(9,10)5(15)11-6(16)12(7)3-2-4(13)14/h17H,2-3H2,1H3,(H,13,14)(H,11,15,16). The van der Waals surface area contributed by atoms with Crippen molar-refractivity contribution in [2.75, 3.05) is 6.54 Å². The van der Waals surface area contributed by atoms with Crippen LogP contribution in [0, 0.1) is 0 Å². The van der Waals surface area contributed by atoms with Crippen molar-refractivity contribution in [2.45, 2.75) is 22.3 Å². The van der Waals surface area contributed by atoms with Gasteiger partial charge in [0.1, 0.15) is 0 Å². The number of hydrogen-bond acceptors (Lipinski definition) is 4. The van der Waals surface area contributed by atoms with Gasteiger partial charge in [-0.05, 0) is 6.92 Å². The highest BCUT2D eigenvalue weighted by molar-refractivity contribution is 9.26. The molecular weight excluding hydrogens is 364 g/mol. The van der Waals surface area contributed by atoms with Crippen LogP contribution in [0.5, 0.6) is 0 Å². The van der Waals surface area contributed by atoms with Crippen molar-refractivity contribution in [1.29, 1.82) is 0 Å². The number of nitrogens with one attached hydrogen (secondary N) is 1. The van der Waals surface area contributed by atoms with E-state index in [1.807, 2.05) is 5.32 Å². The van der Waals surface area contributed by atoms with E-state index in [1.165, 1.54) is 6.92 Å². The first-order chi connectivity index (χ1) is 7.60. The summed E-state index contributed by atoms with van der Waals surface area (Å²) in [4.78, 5) is 34.3. The number of aliphatic hydroxyl groups is 1. The van der Waals surface area contributed by atoms with Crippen LogP contribution in [0.1, 0.15) is 13.3 Å². The number of nitrogens with zero attached hydrogens (tertiary/aromatic N) is 1. The number of carboxylic acid groups (broad SMARTS) is 1. The molecule has 0 aliphatic carbocycles. The van der Waals surface area contributed by atoms with E-state index in [0.717, 1.165) is 4.90 Å². The van der Waals surface area contributed by atoms with Crippen molar-refractivity contribution in [1.82, 2.24) is 10.2 Å². The van der Waals surface area contributed by atoms with Gasteiger partial charge >= 0.3 is 12.0 Å². The molecule has 96 valence electrons. The molecule has 3 amide bonds. The van der Waals surface area contributed by atoms with E-state index in [1.54, 1.807) is 0 Å². The molecule has 0 aromatic heterocycles. The van der Waals surface area contributed by atoms with Gasteiger partial charge in [-0.25, -0.2) is 4.79 Å². The van der Waals surface area contributed by atoms with Gasteiger partial charge in [-0.15, -0.1) is 0 Å². The van der Waals surface area contributed by atoms with Crippen LogP contribution in [0.25, 0.3) is 0 Å². The molecule has 9 heteroatoms. The SMILES string of the molecule is CC1(O)N(CCC(=O)O)C(=O)NC(=O)C1(Br)Br. The minimum absolute atomic E-state index is 0.222. The predicted octanol–water partition coefficient (Wildman–Crippen LogP) is 0.208. The van der Waals surface area contributed by atoms with Crippen molar-refractivity contribution in [3.8, 4) is 0 Å². The highest BCUT2D eigenvalue weighted by atomic mass is 79.9. The maximum Gasteiger partial charge on any atom is 0.326 e. The topological polar surface area (TPSA) is 107 Å². The molecule has 0 aromatic rings. The summed E-state index contributed by atoms with van der Waals surface area (Å²) in [5, 5.41) is 20.7. The third-order valence-electron chi connectivity index (χ3n) is 2.42. The number of halogens is 2. The van der Waals surface area contributed by atoms with Crippen LogP contribution in [-0.4, -0.2) is 48.5 Å². The number of urea groups is 1. The van der Waals surface area contributed by atoms with Crippen LogP contribution in [0.4, 0.5) is 4.79 Å². The Balaban J connectivity index is 2.99. The molecule has 0 spiro atoms. The van der Waals surface area contributed by atoms with Crippen LogP contribution < -0.4 is 5.32 Å². The van der Waals surface area contributed by atoms with Gasteiger partial charge in [-0.2, -0.15) is 0 Å². The zero-order valence-corrected chi connectivity index (χ0v) is 11.9. The molecule has 1 heterocycles. The van der Waals surface area contributed by atoms with E-state index in [2.05, 4.69) is 31.9 Å². The average Bonchev–Trinajstić information content (AvgIpc) is 2.14. The van der Waals surface area contributed by atoms with E-state index in [4.69, 9.17) is 5.11 Å². The summed E-state index contributed by atoms with van der Waals surface area (Å²) in [5.41, 5.74) is -1.89. The Morgan fingerprint density at radius 3 is 2.47 bits per heavy atom. The van der Waals surface area contributed by atoms with Crippen molar-refractivity contribution in [2.24, 2.45) is 0 Å². The average molecular weight is 374 g/mol. The van der Waals surface area contributed by atoms with Crippen molar-refractivity contribution in [3.63, 3.8) is 0 Å². The second-order valence-electron chi connectivity index (χ2n) is 3.65. The van der Waals surface area contributed by atoms with Crippen LogP contribution in [0.2, 0.25) is 0 Å². The van der Waals surface area contributed by atoms with E-state index >= 15 is 0 Å². The molecule has 3 N–H and O–H groups in total. The van der Waals surface area contributed by atoms with Crippen LogP contribution >= 0.6 is 31.9 Å². The van der Waals surface area contributed by atoms with Crippen LogP contribution in [0.3, 0.4) is 0 Å². The summed E-state index contributed by atoms with van der Waals surface area (Å²) in [7, 11) is 0. The highest BCUT2D eigenvalue weighted by Crippen LogP contribution is 2.42. The molecule has 0 saturated carbocycles. The summed E-state index contributed by atoms with van der Waals surface area (Å²) < 4.78 is -1.58. The molecule has 1 aliphatic rings. The van der Waals surface area contributed by atoms with Gasteiger partial charge in [-0.3, -0.25) is 19.8 Å². The van der Waals surface area contributed by atoms with Crippen molar-refractivity contribution >= 4 is 49.8 Å². The monoisotopic (exact) mass is 372 g/mol. The summed E-state index contributed by atoms with van der Waals surface area (Å²) in [5.74, 6) is -1.86. The van der Waals surface area contributed by atoms with Gasteiger partial charge in [0.25, 0.3) is 5.91 Å². The van der Waals surface area contributed by atoms with E-state index < -0.39 is 26.9 Å². The Morgan fingerprint density at radius 2 is 2.00 bits per heavy atom. The molecule has 17 heavy (non-hydrogen) atoms. The number of aliphatic carboxylic acids is 1. The summed E-state index contributed by atoms with van der Waals surface area (Å²) in [6, 6.07) is -0.837. The zero-order chi connectivity index (χ0) is 13.4. The fourth-order valence-corrected chi connectivity index (χ4v) is 1.98. The van der Waals surface area contributed by atoms with Crippen LogP contribution in [0.15, 0.2) is 0 Å². The number of rotatable bonds is 3. The first kappa shape index (κ1) is 14.4. The Morgan fingerprint density at radius 1 is 1.47 bits per heavy atom. The van der Waals surface area contributed by atoms with Gasteiger partial charge in [0, 0.05) is 6.54 Å². The maximum atomic E-state index is 11.5. The number of alkyl halides is 2. The number of hydrogen-bond donors (Lipinski definition) is 3. The lowest BCUT2D eigenvalue weighted by Crippen LogP contribution is -2.71. The van der Waals surface area contributed by atoms with Gasteiger partial charge in [0.05, 0.1) is 6.42 Å². The number of carboxylic acids is 1. The number of amides is 3. The number of carbonyl (C=O) groups excluding carboxylic acids is 2. The molecule has 1 atom stereocenters. The first-order valence-electron chi connectivity index (χ1n) is 4.55. The Kier molecular flexibility index (Phi) is 3.84. The molecule has 0 bridgehead atoms. The fourth-order valence-electron chi connectivity index (χ4n) is 1.35. The van der Waals surface area contributed by atoms with E-state index in [-0.39, 0.29) is 13.0 Å². The smallest absolute Gasteiger partial charge is 0.326 e. The third kappa shape index (κ3) is 2.45. The normalized spacial score (nSPS) is 27.9. The van der Waals surface area contributed by atoms with Gasteiger partial charge in [-0.1, -0.05) is 31.9 Å². The lowest BCUT2D eigenvalue weighted by molar-refractivity contribution is -0.142. The largest absolute Gasteiger partial charge is 0.481 e. The van der Waals surface area contributed by atoms with Crippen molar-refractivity contribution < 1.29 is 24.6 Å². The quantitative estimate of drug-likeness (QED) is 0.613. The predicted molar refractivity (Wildman–Crippen MR) is 63.7 cm³/mol. The Hall–Kier alpha value is -0.670. The molecular formula is C8H10Br2N2O5. The first-order valence-corrected chi connectivity index (χ1v) is 6.14. The van der Waals surface area contributed by atoms with E-state index in [0.29, 0.717) is 0 Å². The lowest BCUT2D eigenvalue weighted by atomic mass is 10.1. The summed E-state index contributed by atoms with van der Waals surface area (Å²) in [6.07, 6.45) is -0.339. The third-order valence-corrected chi connectivity index (χ3v) is 4.64. The molecule has 1 unspecified atom stereocenters. The van der Waals surface area contributed by atoms with Crippen LogP contribution in [-0.2, 0) is 9.59 Å². The summed E-state index contributed by atoms with van der Waals surface area (Å²) in [6.45, 7) is 1.01. The molecule has 1 aliphatic heterocycles. The molecule has 1 fully saturated rings. The summed E-state index contributed by atoms with van der Waals surface area (Å²) >= 11 is 5.94. The minimum Gasteiger partial charge on any atom is -0.481 e. The molecule has 0 aromatic carbocycles. The van der Waals surface area contributed by atoms with Crippen molar-refractivity contribution in [3.05, 3.63) is 0 Å². The number of carbonyl (C=O) groups is 3.